The maximum atomic E-state index is 12.2. The van der Waals surface area contributed by atoms with Gasteiger partial charge in [-0.25, -0.2) is 4.79 Å². The Morgan fingerprint density at radius 3 is 2.31 bits per heavy atom. The number of esters is 1. The first-order valence-electron chi connectivity index (χ1n) is 11.5. The quantitative estimate of drug-likeness (QED) is 0.274. The SMILES string of the molecule is O=C(OC[C@@]1(O)COC(OC2C(OCc3ccccc3)OC(CO)C(O)C2O)C1O)c1ccccc1. The molecule has 11 heteroatoms. The van der Waals surface area contributed by atoms with Crippen molar-refractivity contribution in [1.82, 2.24) is 0 Å². The first kappa shape index (κ1) is 26.6. The molecule has 5 N–H and O–H groups in total. The molecule has 2 saturated heterocycles. The van der Waals surface area contributed by atoms with Gasteiger partial charge in [0.15, 0.2) is 18.2 Å². The maximum absolute atomic E-state index is 12.2. The molecule has 0 aromatic heterocycles. The van der Waals surface area contributed by atoms with Crippen molar-refractivity contribution in [2.24, 2.45) is 0 Å². The summed E-state index contributed by atoms with van der Waals surface area (Å²) in [6, 6.07) is 17.2. The van der Waals surface area contributed by atoms with E-state index in [1.54, 1.807) is 30.3 Å². The van der Waals surface area contributed by atoms with Crippen LogP contribution in [0.4, 0.5) is 0 Å². The molecule has 4 rings (SSSR count). The normalized spacial score (nSPS) is 34.4. The average molecular weight is 507 g/mol. The summed E-state index contributed by atoms with van der Waals surface area (Å²) in [5.41, 5.74) is -0.911. The fraction of sp³-hybridized carbons (Fsp3) is 0.480. The van der Waals surface area contributed by atoms with E-state index in [2.05, 4.69) is 0 Å². The highest BCUT2D eigenvalue weighted by Gasteiger charge is 2.54. The van der Waals surface area contributed by atoms with Crippen LogP contribution in [0.5, 0.6) is 0 Å². The topological polar surface area (TPSA) is 164 Å². The van der Waals surface area contributed by atoms with Crippen LogP contribution in [0.3, 0.4) is 0 Å². The Hall–Kier alpha value is -2.45. The van der Waals surface area contributed by atoms with Crippen LogP contribution in [0.1, 0.15) is 15.9 Å². The Bertz CT molecular complexity index is 974. The molecule has 2 aliphatic rings. The number of rotatable bonds is 9. The number of benzene rings is 2. The molecule has 196 valence electrons. The zero-order valence-corrected chi connectivity index (χ0v) is 19.3. The highest BCUT2D eigenvalue weighted by atomic mass is 16.8. The monoisotopic (exact) mass is 506 g/mol. The number of carbonyl (C=O) groups is 1. The molecule has 36 heavy (non-hydrogen) atoms. The predicted molar refractivity (Wildman–Crippen MR) is 121 cm³/mol. The van der Waals surface area contributed by atoms with E-state index in [0.717, 1.165) is 5.56 Å². The maximum Gasteiger partial charge on any atom is 0.338 e. The average Bonchev–Trinajstić information content (AvgIpc) is 3.19. The van der Waals surface area contributed by atoms with Crippen molar-refractivity contribution in [3.05, 3.63) is 71.8 Å². The predicted octanol–water partition coefficient (Wildman–Crippen LogP) is -0.667. The van der Waals surface area contributed by atoms with Crippen LogP contribution in [0.15, 0.2) is 60.7 Å². The number of aliphatic hydroxyl groups is 5. The lowest BCUT2D eigenvalue weighted by Crippen LogP contribution is -2.61. The molecule has 2 heterocycles. The van der Waals surface area contributed by atoms with Gasteiger partial charge in [0.2, 0.25) is 0 Å². The fourth-order valence-electron chi connectivity index (χ4n) is 3.99. The van der Waals surface area contributed by atoms with E-state index in [0.29, 0.717) is 0 Å². The molecular weight excluding hydrogens is 476 g/mol. The fourth-order valence-corrected chi connectivity index (χ4v) is 3.99. The summed E-state index contributed by atoms with van der Waals surface area (Å²) in [5.74, 6) is -0.691. The van der Waals surface area contributed by atoms with E-state index in [4.69, 9.17) is 23.7 Å². The summed E-state index contributed by atoms with van der Waals surface area (Å²) in [6.45, 7) is -1.51. The van der Waals surface area contributed by atoms with Gasteiger partial charge >= 0.3 is 5.97 Å². The van der Waals surface area contributed by atoms with Crippen LogP contribution >= 0.6 is 0 Å². The minimum absolute atomic E-state index is 0.0692. The van der Waals surface area contributed by atoms with Gasteiger partial charge in [-0.2, -0.15) is 0 Å². The van der Waals surface area contributed by atoms with E-state index in [1.807, 2.05) is 30.3 Å². The lowest BCUT2D eigenvalue weighted by Gasteiger charge is -2.42. The summed E-state index contributed by atoms with van der Waals surface area (Å²) < 4.78 is 27.6. The second-order valence-electron chi connectivity index (χ2n) is 8.77. The van der Waals surface area contributed by atoms with Crippen LogP contribution in [0.25, 0.3) is 0 Å². The lowest BCUT2D eigenvalue weighted by atomic mass is 9.98. The molecule has 2 aromatic carbocycles. The molecule has 0 saturated carbocycles. The molecule has 11 nitrogen and oxygen atoms in total. The Morgan fingerprint density at radius 1 is 0.972 bits per heavy atom. The van der Waals surface area contributed by atoms with Gasteiger partial charge in [-0.15, -0.1) is 0 Å². The van der Waals surface area contributed by atoms with Crippen molar-refractivity contribution < 1.29 is 54.0 Å². The van der Waals surface area contributed by atoms with Gasteiger partial charge in [-0.3, -0.25) is 0 Å². The van der Waals surface area contributed by atoms with Crippen LogP contribution < -0.4 is 0 Å². The second kappa shape index (κ2) is 11.7. The second-order valence-corrected chi connectivity index (χ2v) is 8.77. The Morgan fingerprint density at radius 2 is 1.64 bits per heavy atom. The molecule has 7 unspecified atom stereocenters. The molecular formula is C25H30O11. The first-order valence-corrected chi connectivity index (χ1v) is 11.5. The van der Waals surface area contributed by atoms with Gasteiger partial charge in [0, 0.05) is 0 Å². The number of ether oxygens (including phenoxy) is 5. The molecule has 8 atom stereocenters. The molecule has 0 aliphatic carbocycles. The number of carbonyl (C=O) groups excluding carboxylic acids is 1. The Labute approximate surface area is 207 Å². The van der Waals surface area contributed by atoms with Gasteiger partial charge in [-0.1, -0.05) is 48.5 Å². The summed E-state index contributed by atoms with van der Waals surface area (Å²) >= 11 is 0. The van der Waals surface area contributed by atoms with Crippen molar-refractivity contribution >= 4 is 5.97 Å². The first-order chi connectivity index (χ1) is 17.3. The number of hydrogen-bond donors (Lipinski definition) is 5. The van der Waals surface area contributed by atoms with Crippen molar-refractivity contribution in [3.63, 3.8) is 0 Å². The van der Waals surface area contributed by atoms with Crippen molar-refractivity contribution in [1.29, 1.82) is 0 Å². The van der Waals surface area contributed by atoms with E-state index in [1.165, 1.54) is 0 Å². The number of aliphatic hydroxyl groups excluding tert-OH is 4. The van der Waals surface area contributed by atoms with E-state index in [9.17, 15) is 30.3 Å². The highest BCUT2D eigenvalue weighted by molar-refractivity contribution is 5.89. The molecule has 2 aromatic rings. The van der Waals surface area contributed by atoms with Gasteiger partial charge in [-0.05, 0) is 17.7 Å². The largest absolute Gasteiger partial charge is 0.459 e. The Kier molecular flexibility index (Phi) is 8.67. The molecule has 2 aliphatic heterocycles. The van der Waals surface area contributed by atoms with Gasteiger partial charge in [0.05, 0.1) is 25.4 Å². The van der Waals surface area contributed by atoms with Crippen molar-refractivity contribution in [3.8, 4) is 0 Å². The van der Waals surface area contributed by atoms with Gasteiger partial charge < -0.3 is 49.2 Å². The van der Waals surface area contributed by atoms with Crippen LogP contribution in [-0.2, 0) is 30.3 Å². The van der Waals surface area contributed by atoms with E-state index >= 15 is 0 Å². The van der Waals surface area contributed by atoms with Crippen molar-refractivity contribution in [2.45, 2.75) is 55.3 Å². The zero-order valence-electron chi connectivity index (χ0n) is 19.3. The zero-order chi connectivity index (χ0) is 25.7. The molecule has 0 bridgehead atoms. The third-order valence-corrected chi connectivity index (χ3v) is 6.14. The minimum Gasteiger partial charge on any atom is -0.459 e. The third-order valence-electron chi connectivity index (χ3n) is 6.14. The van der Waals surface area contributed by atoms with E-state index < -0.39 is 74.5 Å². The molecule has 0 amide bonds. The van der Waals surface area contributed by atoms with Crippen LogP contribution in [0, 0.1) is 0 Å². The molecule has 0 spiro atoms. The van der Waals surface area contributed by atoms with Crippen LogP contribution in [0.2, 0.25) is 0 Å². The van der Waals surface area contributed by atoms with Crippen molar-refractivity contribution in [2.75, 3.05) is 19.8 Å². The van der Waals surface area contributed by atoms with E-state index in [-0.39, 0.29) is 12.2 Å². The van der Waals surface area contributed by atoms with Crippen LogP contribution in [-0.4, -0.2) is 100 Å². The highest BCUT2D eigenvalue weighted by Crippen LogP contribution is 2.32. The summed E-state index contributed by atoms with van der Waals surface area (Å²) in [5, 5.41) is 52.1. The third kappa shape index (κ3) is 5.92. The minimum atomic E-state index is -1.98. The Balaban J connectivity index is 1.40. The van der Waals surface area contributed by atoms with Gasteiger partial charge in [0.1, 0.15) is 37.1 Å². The standard InChI is InChI=1S/C25H30O11/c26-11-17-18(27)19(28)20(23(35-17)32-12-15-7-3-1-4-8-15)36-24-21(29)25(31,14-34-24)13-33-22(30)16-9-5-2-6-10-16/h1-10,17-21,23-24,26-29,31H,11-14H2/t17?,18?,19?,20?,21?,23?,24?,25-/m1/s1. The smallest absolute Gasteiger partial charge is 0.338 e. The number of hydrogen-bond acceptors (Lipinski definition) is 11. The summed E-state index contributed by atoms with van der Waals surface area (Å²) in [6.07, 6.45) is -9.95. The molecule has 2 fully saturated rings. The lowest BCUT2D eigenvalue weighted by molar-refractivity contribution is -0.338. The summed E-state index contributed by atoms with van der Waals surface area (Å²) in [4.78, 5) is 12.2. The molecule has 0 radical (unpaired) electrons. The summed E-state index contributed by atoms with van der Waals surface area (Å²) in [7, 11) is 0. The van der Waals surface area contributed by atoms with Gasteiger partial charge in [0.25, 0.3) is 0 Å².